The number of fused-ring (bicyclic) bond motifs is 1. The molecule has 2 atom stereocenters. The van der Waals surface area contributed by atoms with Crippen LogP contribution < -0.4 is 5.73 Å². The van der Waals surface area contributed by atoms with Gasteiger partial charge in [0.15, 0.2) is 11.5 Å². The lowest BCUT2D eigenvalue weighted by atomic mass is 10.1. The standard InChI is InChI=1S/C11H13N5/c1-7-2-3-8(4-7)16-6-15-9-10(12)13-5-14-11(9)16/h2-3,5-8H,4H2,1H3,(H2,12,13,14). The van der Waals surface area contributed by atoms with Crippen molar-refractivity contribution in [2.75, 3.05) is 5.73 Å². The van der Waals surface area contributed by atoms with Gasteiger partial charge in [0.25, 0.3) is 0 Å². The largest absolute Gasteiger partial charge is 0.382 e. The number of anilines is 1. The minimum Gasteiger partial charge on any atom is -0.382 e. The predicted molar refractivity (Wildman–Crippen MR) is 61.7 cm³/mol. The molecule has 0 spiro atoms. The number of nitrogens with zero attached hydrogens (tertiary/aromatic N) is 4. The van der Waals surface area contributed by atoms with Crippen LogP contribution in [0.15, 0.2) is 24.8 Å². The van der Waals surface area contributed by atoms with E-state index in [1.807, 2.05) is 0 Å². The molecule has 0 radical (unpaired) electrons. The maximum atomic E-state index is 5.75. The number of allylic oxidation sites excluding steroid dienone is 2. The molecule has 0 saturated heterocycles. The van der Waals surface area contributed by atoms with Crippen molar-refractivity contribution in [1.82, 2.24) is 19.5 Å². The van der Waals surface area contributed by atoms with Crippen molar-refractivity contribution in [3.05, 3.63) is 24.8 Å². The Morgan fingerprint density at radius 2 is 2.19 bits per heavy atom. The van der Waals surface area contributed by atoms with E-state index in [-0.39, 0.29) is 0 Å². The molecule has 5 heteroatoms. The van der Waals surface area contributed by atoms with Crippen molar-refractivity contribution >= 4 is 17.0 Å². The van der Waals surface area contributed by atoms with Crippen molar-refractivity contribution in [2.45, 2.75) is 19.4 Å². The van der Waals surface area contributed by atoms with E-state index in [9.17, 15) is 0 Å². The smallest absolute Gasteiger partial charge is 0.165 e. The first kappa shape index (κ1) is 9.33. The highest BCUT2D eigenvalue weighted by molar-refractivity contribution is 5.81. The molecule has 0 aliphatic heterocycles. The third-order valence-electron chi connectivity index (χ3n) is 3.02. The van der Waals surface area contributed by atoms with Gasteiger partial charge in [-0.05, 0) is 12.3 Å². The quantitative estimate of drug-likeness (QED) is 0.733. The zero-order valence-electron chi connectivity index (χ0n) is 9.04. The molecule has 0 bridgehead atoms. The van der Waals surface area contributed by atoms with Gasteiger partial charge >= 0.3 is 0 Å². The van der Waals surface area contributed by atoms with E-state index in [1.165, 1.54) is 6.33 Å². The molecule has 16 heavy (non-hydrogen) atoms. The van der Waals surface area contributed by atoms with Gasteiger partial charge in [0.05, 0.1) is 12.4 Å². The number of rotatable bonds is 1. The fourth-order valence-corrected chi connectivity index (χ4v) is 2.18. The summed E-state index contributed by atoms with van der Waals surface area (Å²) in [5, 5.41) is 0. The number of nitrogens with two attached hydrogens (primary N) is 1. The summed E-state index contributed by atoms with van der Waals surface area (Å²) < 4.78 is 2.06. The van der Waals surface area contributed by atoms with Crippen LogP contribution in [0.4, 0.5) is 5.82 Å². The lowest BCUT2D eigenvalue weighted by Crippen LogP contribution is -2.05. The van der Waals surface area contributed by atoms with Crippen LogP contribution >= 0.6 is 0 Å². The molecule has 2 aromatic rings. The fourth-order valence-electron chi connectivity index (χ4n) is 2.18. The minimum atomic E-state index is 0.342. The fraction of sp³-hybridized carbons (Fsp3) is 0.364. The summed E-state index contributed by atoms with van der Waals surface area (Å²) in [6.07, 6.45) is 8.79. The number of aromatic nitrogens is 4. The molecule has 0 amide bonds. The zero-order chi connectivity index (χ0) is 11.1. The zero-order valence-corrected chi connectivity index (χ0v) is 9.04. The Kier molecular flexibility index (Phi) is 1.92. The Balaban J connectivity index is 2.12. The van der Waals surface area contributed by atoms with Crippen LogP contribution in [-0.4, -0.2) is 19.5 Å². The summed E-state index contributed by atoms with van der Waals surface area (Å²) in [6, 6.07) is 0.342. The van der Waals surface area contributed by atoms with E-state index in [0.29, 0.717) is 23.3 Å². The van der Waals surface area contributed by atoms with Gasteiger partial charge in [-0.15, -0.1) is 0 Å². The van der Waals surface area contributed by atoms with Crippen LogP contribution in [0.2, 0.25) is 0 Å². The van der Waals surface area contributed by atoms with E-state index in [4.69, 9.17) is 5.73 Å². The molecule has 2 N–H and O–H groups in total. The van der Waals surface area contributed by atoms with Gasteiger partial charge in [-0.25, -0.2) is 15.0 Å². The molecular weight excluding hydrogens is 202 g/mol. The summed E-state index contributed by atoms with van der Waals surface area (Å²) >= 11 is 0. The second kappa shape index (κ2) is 3.30. The maximum absolute atomic E-state index is 5.75. The maximum Gasteiger partial charge on any atom is 0.165 e. The lowest BCUT2D eigenvalue weighted by molar-refractivity contribution is 0.536. The van der Waals surface area contributed by atoms with Crippen LogP contribution in [0.5, 0.6) is 0 Å². The van der Waals surface area contributed by atoms with E-state index in [1.54, 1.807) is 6.33 Å². The van der Waals surface area contributed by atoms with Gasteiger partial charge in [-0.2, -0.15) is 0 Å². The molecule has 0 aromatic carbocycles. The molecule has 5 nitrogen and oxygen atoms in total. The Hall–Kier alpha value is -1.91. The van der Waals surface area contributed by atoms with Crippen molar-refractivity contribution in [2.24, 2.45) is 5.92 Å². The van der Waals surface area contributed by atoms with E-state index in [0.717, 1.165) is 12.1 Å². The van der Waals surface area contributed by atoms with Gasteiger partial charge in [0.1, 0.15) is 11.8 Å². The summed E-state index contributed by atoms with van der Waals surface area (Å²) in [4.78, 5) is 12.4. The average molecular weight is 215 g/mol. The van der Waals surface area contributed by atoms with Gasteiger partial charge in [0.2, 0.25) is 0 Å². The Morgan fingerprint density at radius 3 is 2.94 bits per heavy atom. The van der Waals surface area contributed by atoms with Crippen LogP contribution in [0.25, 0.3) is 11.2 Å². The van der Waals surface area contributed by atoms with E-state index in [2.05, 4.69) is 38.6 Å². The first-order valence-corrected chi connectivity index (χ1v) is 5.37. The molecule has 3 rings (SSSR count). The Morgan fingerprint density at radius 1 is 1.31 bits per heavy atom. The van der Waals surface area contributed by atoms with Crippen LogP contribution in [-0.2, 0) is 0 Å². The topological polar surface area (TPSA) is 69.6 Å². The highest BCUT2D eigenvalue weighted by atomic mass is 15.1. The van der Waals surface area contributed by atoms with Crippen molar-refractivity contribution < 1.29 is 0 Å². The second-order valence-corrected chi connectivity index (χ2v) is 4.25. The van der Waals surface area contributed by atoms with E-state index < -0.39 is 0 Å². The van der Waals surface area contributed by atoms with Crippen LogP contribution in [0, 0.1) is 5.92 Å². The third kappa shape index (κ3) is 1.28. The summed E-state index contributed by atoms with van der Waals surface area (Å²) in [5.74, 6) is 1.06. The third-order valence-corrected chi connectivity index (χ3v) is 3.02. The molecular formula is C11H13N5. The van der Waals surface area contributed by atoms with Crippen molar-refractivity contribution in [3.63, 3.8) is 0 Å². The second-order valence-electron chi connectivity index (χ2n) is 4.25. The summed E-state index contributed by atoms with van der Waals surface area (Å²) in [6.45, 7) is 2.21. The molecule has 2 unspecified atom stereocenters. The highest BCUT2D eigenvalue weighted by Gasteiger charge is 2.19. The predicted octanol–water partition coefficient (Wildman–Crippen LogP) is 1.55. The Bertz CT molecular complexity index is 557. The monoisotopic (exact) mass is 215 g/mol. The summed E-state index contributed by atoms with van der Waals surface area (Å²) in [7, 11) is 0. The first-order chi connectivity index (χ1) is 7.75. The molecule has 0 fully saturated rings. The number of hydrogen-bond acceptors (Lipinski definition) is 4. The SMILES string of the molecule is CC1C=CC(n2cnc3c(N)ncnc32)C1. The molecule has 2 aromatic heterocycles. The summed E-state index contributed by atoms with van der Waals surface area (Å²) in [5.41, 5.74) is 7.26. The van der Waals surface area contributed by atoms with E-state index >= 15 is 0 Å². The van der Waals surface area contributed by atoms with Gasteiger partial charge in [0, 0.05) is 0 Å². The van der Waals surface area contributed by atoms with Crippen molar-refractivity contribution in [3.8, 4) is 0 Å². The molecule has 1 aliphatic rings. The molecule has 2 heterocycles. The number of hydrogen-bond donors (Lipinski definition) is 1. The van der Waals surface area contributed by atoms with Gasteiger partial charge in [-0.3, -0.25) is 0 Å². The molecule has 82 valence electrons. The first-order valence-electron chi connectivity index (χ1n) is 5.37. The van der Waals surface area contributed by atoms with Crippen LogP contribution in [0.3, 0.4) is 0 Å². The molecule has 1 aliphatic carbocycles. The molecule has 0 saturated carbocycles. The van der Waals surface area contributed by atoms with Gasteiger partial charge in [-0.1, -0.05) is 19.1 Å². The van der Waals surface area contributed by atoms with Gasteiger partial charge < -0.3 is 10.3 Å². The highest BCUT2D eigenvalue weighted by Crippen LogP contribution is 2.29. The average Bonchev–Trinajstić information content (AvgIpc) is 2.84. The Labute approximate surface area is 93.0 Å². The van der Waals surface area contributed by atoms with Crippen molar-refractivity contribution in [1.29, 1.82) is 0 Å². The lowest BCUT2D eigenvalue weighted by Gasteiger charge is -2.11. The number of imidazole rings is 1. The normalized spacial score (nSPS) is 24.3. The minimum absolute atomic E-state index is 0.342. The van der Waals surface area contributed by atoms with Crippen LogP contribution in [0.1, 0.15) is 19.4 Å². The number of nitrogen functional groups attached to an aromatic ring is 1.